The number of hydrogen-bond acceptors (Lipinski definition) is 6. The Morgan fingerprint density at radius 2 is 1.94 bits per heavy atom. The second-order valence-electron chi connectivity index (χ2n) is 8.29. The van der Waals surface area contributed by atoms with Crippen LogP contribution in [0.5, 0.6) is 0 Å². The lowest BCUT2D eigenvalue weighted by atomic mass is 9.81. The van der Waals surface area contributed by atoms with Gasteiger partial charge in [0.05, 0.1) is 23.2 Å². The van der Waals surface area contributed by atoms with Crippen LogP contribution in [-0.2, 0) is 10.0 Å². The van der Waals surface area contributed by atoms with Gasteiger partial charge in [0.1, 0.15) is 16.5 Å². The molecule has 1 aliphatic carbocycles. The molecule has 1 saturated carbocycles. The number of pyridine rings is 1. The molecule has 0 saturated heterocycles. The number of benzene rings is 1. The van der Waals surface area contributed by atoms with Crippen molar-refractivity contribution in [2.45, 2.75) is 42.4 Å². The highest BCUT2D eigenvalue weighted by molar-refractivity contribution is 7.92. The molecule has 0 spiro atoms. The molecule has 3 atom stereocenters. The Balaban J connectivity index is 1.84. The van der Waals surface area contributed by atoms with Crippen molar-refractivity contribution < 1.29 is 35.5 Å². The van der Waals surface area contributed by atoms with E-state index in [1.807, 2.05) is 4.72 Å². The number of aliphatic hydroxyl groups excluding tert-OH is 1. The smallest absolute Gasteiger partial charge is 0.391 e. The average Bonchev–Trinajstić information content (AvgIpc) is 2.75. The summed E-state index contributed by atoms with van der Waals surface area (Å²) in [5.41, 5.74) is 0.00449. The summed E-state index contributed by atoms with van der Waals surface area (Å²) in [5.74, 6) is -4.00. The quantitative estimate of drug-likeness (QED) is 0.341. The lowest BCUT2D eigenvalue weighted by Crippen LogP contribution is -2.51. The third-order valence-electron chi connectivity index (χ3n) is 5.90. The van der Waals surface area contributed by atoms with Crippen LogP contribution in [0.25, 0.3) is 0 Å². The number of nitrogens with one attached hydrogen (secondary N) is 2. The number of rotatable bonds is 8. The fourth-order valence-corrected chi connectivity index (χ4v) is 5.50. The van der Waals surface area contributed by atoms with E-state index in [0.29, 0.717) is 0 Å². The third kappa shape index (κ3) is 6.72. The summed E-state index contributed by atoms with van der Waals surface area (Å²) >= 11 is 6.21. The van der Waals surface area contributed by atoms with Crippen molar-refractivity contribution in [1.29, 1.82) is 0 Å². The summed E-state index contributed by atoms with van der Waals surface area (Å²) in [6.07, 6.45) is -4.65. The zero-order valence-electron chi connectivity index (χ0n) is 18.5. The van der Waals surface area contributed by atoms with Gasteiger partial charge in [-0.25, -0.2) is 17.8 Å². The fraction of sp³-hybridized carbons (Fsp3) is 0.476. The molecule has 2 aromatic rings. The first-order valence-electron chi connectivity index (χ1n) is 10.6. The van der Waals surface area contributed by atoms with Gasteiger partial charge in [-0.1, -0.05) is 17.7 Å². The molecule has 0 aliphatic heterocycles. The minimum absolute atomic E-state index is 0.00449. The molecule has 3 N–H and O–H groups in total. The maximum Gasteiger partial charge on any atom is 0.391 e. The summed E-state index contributed by atoms with van der Waals surface area (Å²) < 4.78 is 95.2. The first-order chi connectivity index (χ1) is 16.3. The van der Waals surface area contributed by atoms with Crippen molar-refractivity contribution in [1.82, 2.24) is 9.88 Å². The van der Waals surface area contributed by atoms with Crippen LogP contribution < -0.4 is 10.0 Å². The highest BCUT2D eigenvalue weighted by Crippen LogP contribution is 2.40. The van der Waals surface area contributed by atoms with E-state index in [2.05, 4.69) is 10.3 Å². The van der Waals surface area contributed by atoms with Gasteiger partial charge in [-0.05, 0) is 50.6 Å². The predicted octanol–water partition coefficient (Wildman–Crippen LogP) is 4.25. The van der Waals surface area contributed by atoms with Gasteiger partial charge in [-0.3, -0.25) is 9.62 Å². The van der Waals surface area contributed by atoms with E-state index >= 15 is 0 Å². The summed E-state index contributed by atoms with van der Waals surface area (Å²) in [7, 11) is -2.93. The lowest BCUT2D eigenvalue weighted by molar-refractivity contribution is -0.187. The normalized spacial score (nSPS) is 21.2. The molecule has 1 unspecified atom stereocenters. The van der Waals surface area contributed by atoms with Gasteiger partial charge >= 0.3 is 6.18 Å². The van der Waals surface area contributed by atoms with Gasteiger partial charge in [0, 0.05) is 18.6 Å². The molecular weight excluding hydrogens is 519 g/mol. The van der Waals surface area contributed by atoms with E-state index in [-0.39, 0.29) is 48.9 Å². The van der Waals surface area contributed by atoms with E-state index in [9.17, 15) is 35.5 Å². The molecule has 0 bridgehead atoms. The molecule has 3 rings (SSSR count). The van der Waals surface area contributed by atoms with E-state index in [4.69, 9.17) is 11.6 Å². The third-order valence-corrected chi connectivity index (χ3v) is 7.59. The van der Waals surface area contributed by atoms with Crippen LogP contribution in [0.2, 0.25) is 5.02 Å². The minimum Gasteiger partial charge on any atom is -0.395 e. The molecule has 194 valence electrons. The van der Waals surface area contributed by atoms with Gasteiger partial charge in [-0.15, -0.1) is 0 Å². The van der Waals surface area contributed by atoms with Crippen molar-refractivity contribution >= 4 is 33.1 Å². The number of likely N-dealkylation sites (N-methyl/N-ethyl adjacent to an activating group) is 1. The van der Waals surface area contributed by atoms with E-state index in [1.54, 1.807) is 11.9 Å². The highest BCUT2D eigenvalue weighted by Gasteiger charge is 2.46. The number of anilines is 2. The molecule has 1 heterocycles. The Bertz CT molecular complexity index is 1150. The second kappa shape index (κ2) is 10.8. The molecule has 1 aromatic carbocycles. The maximum atomic E-state index is 14.9. The van der Waals surface area contributed by atoms with Crippen LogP contribution in [-0.4, -0.2) is 61.9 Å². The highest BCUT2D eigenvalue weighted by atomic mass is 35.5. The van der Waals surface area contributed by atoms with Crippen molar-refractivity contribution in [2.24, 2.45) is 5.92 Å². The molecule has 35 heavy (non-hydrogen) atoms. The summed E-state index contributed by atoms with van der Waals surface area (Å²) in [4.78, 5) is 4.15. The predicted molar refractivity (Wildman–Crippen MR) is 121 cm³/mol. The van der Waals surface area contributed by atoms with Gasteiger partial charge in [-0.2, -0.15) is 17.6 Å². The zero-order valence-corrected chi connectivity index (χ0v) is 20.1. The minimum atomic E-state index is -4.52. The van der Waals surface area contributed by atoms with Crippen LogP contribution in [0.3, 0.4) is 0 Å². The fourth-order valence-electron chi connectivity index (χ4n) is 4.13. The van der Waals surface area contributed by atoms with Crippen LogP contribution in [0.15, 0.2) is 35.2 Å². The number of halogens is 6. The van der Waals surface area contributed by atoms with Crippen LogP contribution in [0.4, 0.5) is 33.5 Å². The van der Waals surface area contributed by atoms with E-state index in [0.717, 1.165) is 18.2 Å². The van der Waals surface area contributed by atoms with Crippen molar-refractivity contribution in [3.8, 4) is 0 Å². The summed E-state index contributed by atoms with van der Waals surface area (Å²) in [6.45, 7) is -0.127. The topological polar surface area (TPSA) is 94.6 Å². The number of aromatic nitrogens is 1. The van der Waals surface area contributed by atoms with Crippen LogP contribution in [0, 0.1) is 17.7 Å². The van der Waals surface area contributed by atoms with Crippen molar-refractivity contribution in [3.05, 3.63) is 47.1 Å². The molecule has 0 amide bonds. The Hall–Kier alpha value is -2.22. The molecular formula is C21H24ClF5N4O3S. The molecule has 1 aromatic heterocycles. The van der Waals surface area contributed by atoms with E-state index < -0.39 is 50.9 Å². The lowest BCUT2D eigenvalue weighted by Gasteiger charge is -2.42. The second-order valence-corrected chi connectivity index (χ2v) is 10.3. The maximum absolute atomic E-state index is 14.9. The number of sulfonamides is 1. The summed E-state index contributed by atoms with van der Waals surface area (Å²) in [5, 5.41) is 12.0. The monoisotopic (exact) mass is 542 g/mol. The first kappa shape index (κ1) is 27.4. The molecule has 14 heteroatoms. The summed E-state index contributed by atoms with van der Waals surface area (Å²) in [6, 6.07) is 3.88. The average molecular weight is 543 g/mol. The first-order valence-corrected chi connectivity index (χ1v) is 12.5. The number of nitrogens with zero attached hydrogens (tertiary/aromatic N) is 2. The van der Waals surface area contributed by atoms with Gasteiger partial charge in [0.25, 0.3) is 10.0 Å². The Kier molecular flexibility index (Phi) is 8.45. The Morgan fingerprint density at radius 1 is 1.23 bits per heavy atom. The largest absolute Gasteiger partial charge is 0.395 e. The Labute approximate surface area is 204 Å². The van der Waals surface area contributed by atoms with Gasteiger partial charge < -0.3 is 10.4 Å². The number of hydrogen-bond donors (Lipinski definition) is 3. The molecule has 0 radical (unpaired) electrons. The SMILES string of the molecule is CN(CCO)[C@H]1CC(C(F)(F)F)CC[C@@H]1Nc1cc(F)c(S(=O)(=O)Nc2cccc(F)n2)cc1Cl. The number of alkyl halides is 3. The molecule has 1 fully saturated rings. The zero-order chi connectivity index (χ0) is 26.0. The van der Waals surface area contributed by atoms with Crippen LogP contribution >= 0.6 is 11.6 Å². The van der Waals surface area contributed by atoms with Gasteiger partial charge in [0.15, 0.2) is 0 Å². The number of aliphatic hydroxyl groups is 1. The Morgan fingerprint density at radius 3 is 2.57 bits per heavy atom. The standard InChI is InChI=1S/C21H24ClF5N4O3S/c1-31(7-8-32)17-9-12(21(25,26)27)5-6-15(17)28-16-11-14(23)18(10-13(16)22)35(33,34)30-20-4-2-3-19(24)29-20/h2-4,10-12,15,17,28,32H,5-9H2,1H3,(H,29,30)/t12?,15-,17-/m0/s1. The van der Waals surface area contributed by atoms with Crippen LogP contribution in [0.1, 0.15) is 19.3 Å². The van der Waals surface area contributed by atoms with E-state index in [1.165, 1.54) is 12.1 Å². The van der Waals surface area contributed by atoms with Crippen molar-refractivity contribution in [3.63, 3.8) is 0 Å². The molecule has 7 nitrogen and oxygen atoms in total. The van der Waals surface area contributed by atoms with Crippen molar-refractivity contribution in [2.75, 3.05) is 30.2 Å². The van der Waals surface area contributed by atoms with Gasteiger partial charge in [0.2, 0.25) is 5.95 Å². The molecule has 1 aliphatic rings.